The summed E-state index contributed by atoms with van der Waals surface area (Å²) in [6.45, 7) is 4.48. The molecule has 32 heavy (non-hydrogen) atoms. The molecule has 0 spiro atoms. The first-order chi connectivity index (χ1) is 15.5. The Hall–Kier alpha value is -3.57. The van der Waals surface area contributed by atoms with Crippen molar-refractivity contribution in [1.29, 1.82) is 0 Å². The van der Waals surface area contributed by atoms with Crippen LogP contribution in [-0.2, 0) is 9.59 Å². The van der Waals surface area contributed by atoms with Gasteiger partial charge in [-0.2, -0.15) is 0 Å². The number of carbonyl (C=O) groups excluding carboxylic acids is 2. The van der Waals surface area contributed by atoms with Crippen LogP contribution in [0.5, 0.6) is 5.75 Å². The highest BCUT2D eigenvalue weighted by molar-refractivity contribution is 6.46. The number of nitrogens with zero attached hydrogens (tertiary/aromatic N) is 1. The van der Waals surface area contributed by atoms with Gasteiger partial charge in [-0.25, -0.2) is 4.90 Å². The number of anilines is 2. The van der Waals surface area contributed by atoms with Crippen molar-refractivity contribution in [2.75, 3.05) is 16.8 Å². The topological polar surface area (TPSA) is 58.6 Å². The molecule has 0 unspecified atom stereocenters. The molecule has 0 bridgehead atoms. The van der Waals surface area contributed by atoms with Gasteiger partial charge in [-0.3, -0.25) is 9.59 Å². The fraction of sp³-hybridized carbons (Fsp3) is 0.154. The molecule has 3 aromatic rings. The SMILES string of the molecule is CCCOc1cccc(NC2=C(c3ccccc3)C(=O)N(c3cc(Cl)ccc3C)C2=O)c1. The number of benzene rings is 3. The van der Waals surface area contributed by atoms with Gasteiger partial charge >= 0.3 is 0 Å². The first-order valence-corrected chi connectivity index (χ1v) is 10.8. The molecule has 2 amide bonds. The lowest BCUT2D eigenvalue weighted by atomic mass is 10.0. The molecule has 4 rings (SSSR count). The Morgan fingerprint density at radius 3 is 2.47 bits per heavy atom. The molecular weight excluding hydrogens is 424 g/mol. The van der Waals surface area contributed by atoms with Crippen LogP contribution < -0.4 is 15.0 Å². The predicted molar refractivity (Wildman–Crippen MR) is 128 cm³/mol. The van der Waals surface area contributed by atoms with Crippen molar-refractivity contribution < 1.29 is 14.3 Å². The van der Waals surface area contributed by atoms with Crippen LogP contribution in [0.3, 0.4) is 0 Å². The summed E-state index contributed by atoms with van der Waals surface area (Å²) in [7, 11) is 0. The highest BCUT2D eigenvalue weighted by Gasteiger charge is 2.40. The van der Waals surface area contributed by atoms with E-state index >= 15 is 0 Å². The molecule has 0 saturated heterocycles. The van der Waals surface area contributed by atoms with E-state index in [1.807, 2.05) is 68.4 Å². The van der Waals surface area contributed by atoms with Crippen LogP contribution in [0.25, 0.3) is 5.57 Å². The number of imide groups is 1. The molecule has 0 saturated carbocycles. The minimum atomic E-state index is -0.431. The summed E-state index contributed by atoms with van der Waals surface area (Å²) in [5.74, 6) is -0.135. The van der Waals surface area contributed by atoms with Gasteiger partial charge in [-0.1, -0.05) is 61.0 Å². The molecule has 0 atom stereocenters. The predicted octanol–water partition coefficient (Wildman–Crippen LogP) is 5.83. The van der Waals surface area contributed by atoms with Crippen molar-refractivity contribution >= 4 is 40.4 Å². The normalized spacial score (nSPS) is 13.7. The molecule has 0 radical (unpaired) electrons. The molecular formula is C26H23ClN2O3. The van der Waals surface area contributed by atoms with Gasteiger partial charge in [0.2, 0.25) is 0 Å². The number of ether oxygens (including phenoxy) is 1. The molecule has 3 aromatic carbocycles. The third-order valence-electron chi connectivity index (χ3n) is 5.13. The maximum absolute atomic E-state index is 13.5. The van der Waals surface area contributed by atoms with E-state index in [9.17, 15) is 9.59 Å². The zero-order valence-corrected chi connectivity index (χ0v) is 18.6. The van der Waals surface area contributed by atoms with Crippen LogP contribution in [0.1, 0.15) is 24.5 Å². The fourth-order valence-corrected chi connectivity index (χ4v) is 3.75. The second-order valence-corrected chi connectivity index (χ2v) is 7.93. The van der Waals surface area contributed by atoms with E-state index < -0.39 is 11.8 Å². The highest BCUT2D eigenvalue weighted by atomic mass is 35.5. The lowest BCUT2D eigenvalue weighted by Gasteiger charge is -2.18. The molecule has 1 aliphatic heterocycles. The zero-order valence-electron chi connectivity index (χ0n) is 17.9. The summed E-state index contributed by atoms with van der Waals surface area (Å²) in [6, 6.07) is 21.7. The monoisotopic (exact) mass is 446 g/mol. The summed E-state index contributed by atoms with van der Waals surface area (Å²) in [6.07, 6.45) is 0.891. The third kappa shape index (κ3) is 4.25. The number of rotatable bonds is 7. The van der Waals surface area contributed by atoms with Crippen molar-refractivity contribution in [3.05, 3.63) is 94.6 Å². The second-order valence-electron chi connectivity index (χ2n) is 7.49. The van der Waals surface area contributed by atoms with Gasteiger partial charge < -0.3 is 10.1 Å². The minimum absolute atomic E-state index is 0.216. The average molecular weight is 447 g/mol. The highest BCUT2D eigenvalue weighted by Crippen LogP contribution is 2.36. The Balaban J connectivity index is 1.78. The summed E-state index contributed by atoms with van der Waals surface area (Å²) in [5.41, 5.74) is 3.10. The van der Waals surface area contributed by atoms with Crippen LogP contribution in [-0.4, -0.2) is 18.4 Å². The van der Waals surface area contributed by atoms with Crippen LogP contribution in [0.2, 0.25) is 5.02 Å². The molecule has 6 heteroatoms. The van der Waals surface area contributed by atoms with Gasteiger partial charge in [0.25, 0.3) is 11.8 Å². The zero-order chi connectivity index (χ0) is 22.7. The standard InChI is InChI=1S/C26H23ClN2O3/c1-3-14-32-21-11-7-10-20(16-21)28-24-23(18-8-5-4-6-9-18)25(30)29(26(24)31)22-15-19(27)13-12-17(22)2/h4-13,15-16,28H,3,14H2,1-2H3. The van der Waals surface area contributed by atoms with Gasteiger partial charge in [0, 0.05) is 16.8 Å². The molecule has 162 valence electrons. The van der Waals surface area contributed by atoms with Crippen LogP contribution in [0.15, 0.2) is 78.5 Å². The smallest absolute Gasteiger partial charge is 0.282 e. The van der Waals surface area contributed by atoms with Gasteiger partial charge in [0.05, 0.1) is 17.9 Å². The van der Waals surface area contributed by atoms with E-state index in [0.29, 0.717) is 39.9 Å². The summed E-state index contributed by atoms with van der Waals surface area (Å²) < 4.78 is 5.71. The second kappa shape index (κ2) is 9.28. The fourth-order valence-electron chi connectivity index (χ4n) is 3.59. The summed E-state index contributed by atoms with van der Waals surface area (Å²) in [4.78, 5) is 28.2. The largest absolute Gasteiger partial charge is 0.494 e. The van der Waals surface area contributed by atoms with E-state index in [0.717, 1.165) is 12.0 Å². The van der Waals surface area contributed by atoms with Crippen LogP contribution in [0, 0.1) is 6.92 Å². The van der Waals surface area contributed by atoms with Crippen molar-refractivity contribution in [3.8, 4) is 5.75 Å². The van der Waals surface area contributed by atoms with Crippen LogP contribution in [0.4, 0.5) is 11.4 Å². The number of nitrogens with one attached hydrogen (secondary N) is 1. The Kier molecular flexibility index (Phi) is 6.28. The lowest BCUT2D eigenvalue weighted by Crippen LogP contribution is -2.33. The molecule has 5 nitrogen and oxygen atoms in total. The third-order valence-corrected chi connectivity index (χ3v) is 5.37. The van der Waals surface area contributed by atoms with Gasteiger partial charge in [-0.15, -0.1) is 0 Å². The molecule has 1 heterocycles. The number of hydrogen-bond donors (Lipinski definition) is 1. The van der Waals surface area contributed by atoms with Gasteiger partial charge in [-0.05, 0) is 48.7 Å². The van der Waals surface area contributed by atoms with E-state index in [1.54, 1.807) is 18.2 Å². The van der Waals surface area contributed by atoms with E-state index in [4.69, 9.17) is 16.3 Å². The molecule has 0 fully saturated rings. The number of carbonyl (C=O) groups is 2. The first-order valence-electron chi connectivity index (χ1n) is 10.4. The van der Waals surface area contributed by atoms with E-state index in [1.165, 1.54) is 4.90 Å². The number of aryl methyl sites for hydroxylation is 1. The molecule has 1 N–H and O–H groups in total. The first kappa shape index (κ1) is 21.7. The van der Waals surface area contributed by atoms with Crippen molar-refractivity contribution in [2.24, 2.45) is 0 Å². The molecule has 0 aliphatic carbocycles. The number of halogens is 1. The van der Waals surface area contributed by atoms with Gasteiger partial charge in [0.15, 0.2) is 0 Å². The maximum atomic E-state index is 13.5. The Morgan fingerprint density at radius 1 is 0.938 bits per heavy atom. The number of hydrogen-bond acceptors (Lipinski definition) is 4. The Labute approximate surface area is 192 Å². The summed E-state index contributed by atoms with van der Waals surface area (Å²) in [5, 5.41) is 3.63. The van der Waals surface area contributed by atoms with Crippen LogP contribution >= 0.6 is 11.6 Å². The van der Waals surface area contributed by atoms with E-state index in [-0.39, 0.29) is 5.70 Å². The minimum Gasteiger partial charge on any atom is -0.494 e. The van der Waals surface area contributed by atoms with Crippen molar-refractivity contribution in [3.63, 3.8) is 0 Å². The average Bonchev–Trinajstić information content (AvgIpc) is 3.04. The molecule has 0 aromatic heterocycles. The Bertz CT molecular complexity index is 1200. The van der Waals surface area contributed by atoms with Crippen molar-refractivity contribution in [2.45, 2.75) is 20.3 Å². The molecule has 1 aliphatic rings. The quantitative estimate of drug-likeness (QED) is 0.463. The summed E-state index contributed by atoms with van der Waals surface area (Å²) >= 11 is 6.18. The number of amides is 2. The lowest BCUT2D eigenvalue weighted by molar-refractivity contribution is -0.120. The Morgan fingerprint density at radius 2 is 1.72 bits per heavy atom. The van der Waals surface area contributed by atoms with Gasteiger partial charge in [0.1, 0.15) is 11.4 Å². The maximum Gasteiger partial charge on any atom is 0.282 e. The van der Waals surface area contributed by atoms with E-state index in [2.05, 4.69) is 5.32 Å². The van der Waals surface area contributed by atoms with Crippen molar-refractivity contribution in [1.82, 2.24) is 0 Å².